The van der Waals surface area contributed by atoms with E-state index in [1.807, 2.05) is 19.9 Å². The lowest BCUT2D eigenvalue weighted by Gasteiger charge is -2.34. The maximum absolute atomic E-state index is 14.5. The van der Waals surface area contributed by atoms with E-state index in [0.29, 0.717) is 27.5 Å². The number of alkyl halides is 3. The average molecular weight is 735 g/mol. The van der Waals surface area contributed by atoms with Crippen molar-refractivity contribution < 1.29 is 31.2 Å². The molecule has 4 aromatic carbocycles. The molecular weight excluding hydrogens is 698 g/mol. The molecule has 0 heterocycles. The van der Waals surface area contributed by atoms with Gasteiger partial charge in [-0.3, -0.25) is 13.9 Å². The van der Waals surface area contributed by atoms with Crippen LogP contribution in [0.5, 0.6) is 0 Å². The first-order valence-electron chi connectivity index (χ1n) is 15.4. The van der Waals surface area contributed by atoms with Crippen molar-refractivity contribution in [2.24, 2.45) is 5.92 Å². The second-order valence-electron chi connectivity index (χ2n) is 12.0. The first-order valence-corrected chi connectivity index (χ1v) is 17.6. The maximum Gasteiger partial charge on any atom is 0.417 e. The van der Waals surface area contributed by atoms with E-state index in [0.717, 1.165) is 23.3 Å². The molecule has 0 bridgehead atoms. The Balaban J connectivity index is 1.86. The van der Waals surface area contributed by atoms with E-state index in [1.165, 1.54) is 29.2 Å². The third kappa shape index (κ3) is 9.99. The molecule has 260 valence electrons. The molecule has 1 atom stereocenters. The van der Waals surface area contributed by atoms with E-state index in [-0.39, 0.29) is 23.8 Å². The molecule has 0 aliphatic rings. The van der Waals surface area contributed by atoms with E-state index in [1.54, 1.807) is 55.5 Å². The second-order valence-corrected chi connectivity index (χ2v) is 14.7. The lowest BCUT2D eigenvalue weighted by Crippen LogP contribution is -2.53. The average Bonchev–Trinajstić information content (AvgIpc) is 3.05. The second kappa shape index (κ2) is 16.1. The Kier molecular flexibility index (Phi) is 12.4. The number of hydrogen-bond acceptors (Lipinski definition) is 4. The number of rotatable bonds is 13. The normalized spacial score (nSPS) is 12.4. The highest BCUT2D eigenvalue weighted by molar-refractivity contribution is 7.92. The van der Waals surface area contributed by atoms with Crippen molar-refractivity contribution in [1.82, 2.24) is 10.2 Å². The summed E-state index contributed by atoms with van der Waals surface area (Å²) in [6.45, 7) is 4.84. The maximum atomic E-state index is 14.5. The molecule has 0 spiro atoms. The van der Waals surface area contributed by atoms with Crippen LogP contribution in [0.15, 0.2) is 102 Å². The van der Waals surface area contributed by atoms with Gasteiger partial charge in [-0.1, -0.05) is 97.2 Å². The molecule has 0 radical (unpaired) electrons. The van der Waals surface area contributed by atoms with Gasteiger partial charge in [0.05, 0.1) is 21.2 Å². The van der Waals surface area contributed by atoms with Gasteiger partial charge in [-0.15, -0.1) is 0 Å². The number of carbonyl (C=O) groups excluding carboxylic acids is 2. The van der Waals surface area contributed by atoms with Gasteiger partial charge in [-0.05, 0) is 66.4 Å². The molecule has 0 aliphatic carbocycles. The van der Waals surface area contributed by atoms with Crippen molar-refractivity contribution in [2.75, 3.05) is 17.4 Å². The molecule has 7 nitrogen and oxygen atoms in total. The van der Waals surface area contributed by atoms with Crippen LogP contribution in [-0.4, -0.2) is 44.3 Å². The van der Waals surface area contributed by atoms with Crippen LogP contribution in [0.3, 0.4) is 0 Å². The van der Waals surface area contributed by atoms with Crippen molar-refractivity contribution >= 4 is 50.7 Å². The highest BCUT2D eigenvalue weighted by atomic mass is 35.5. The molecular formula is C36H36Cl2F3N3O4S. The molecule has 0 aliphatic heterocycles. The molecule has 4 rings (SSSR count). The molecule has 1 N–H and O–H groups in total. The molecule has 0 saturated carbocycles. The predicted molar refractivity (Wildman–Crippen MR) is 186 cm³/mol. The molecule has 0 saturated heterocycles. The Bertz CT molecular complexity index is 1860. The van der Waals surface area contributed by atoms with Crippen LogP contribution in [0.2, 0.25) is 10.0 Å². The van der Waals surface area contributed by atoms with Gasteiger partial charge in [0.15, 0.2) is 0 Å². The monoisotopic (exact) mass is 733 g/mol. The van der Waals surface area contributed by atoms with Gasteiger partial charge in [-0.25, -0.2) is 8.42 Å². The van der Waals surface area contributed by atoms with Gasteiger partial charge in [-0.2, -0.15) is 13.2 Å². The summed E-state index contributed by atoms with van der Waals surface area (Å²) in [6, 6.07) is 22.8. The third-order valence-corrected chi connectivity index (χ3v) is 10.0. The number of benzene rings is 4. The number of anilines is 1. The van der Waals surface area contributed by atoms with Crippen LogP contribution in [0.1, 0.15) is 36.1 Å². The molecule has 4 aromatic rings. The number of sulfonamides is 1. The Morgan fingerprint density at radius 2 is 1.49 bits per heavy atom. The minimum atomic E-state index is -4.91. The van der Waals surface area contributed by atoms with Crippen LogP contribution < -0.4 is 9.62 Å². The number of nitrogens with zero attached hydrogens (tertiary/aromatic N) is 2. The SMILES string of the molecule is Cc1ccc(S(=O)(=O)N(CC(=O)N(Cc2ccc(Cl)cc2)[C@@H](Cc2ccccc2)C(=O)NCC(C)C)c2ccc(Cl)c(C(F)(F)F)c2)cc1. The highest BCUT2D eigenvalue weighted by Gasteiger charge is 2.37. The third-order valence-electron chi connectivity index (χ3n) is 7.65. The lowest BCUT2D eigenvalue weighted by molar-refractivity contribution is -0.140. The predicted octanol–water partition coefficient (Wildman–Crippen LogP) is 7.93. The lowest BCUT2D eigenvalue weighted by atomic mass is 10.0. The number of carbonyl (C=O) groups is 2. The Labute approximate surface area is 294 Å². The Hall–Kier alpha value is -4.06. The molecule has 0 fully saturated rings. The Morgan fingerprint density at radius 1 is 0.857 bits per heavy atom. The smallest absolute Gasteiger partial charge is 0.354 e. The van der Waals surface area contributed by atoms with Gasteiger partial charge in [0.25, 0.3) is 10.0 Å². The zero-order valence-electron chi connectivity index (χ0n) is 27.0. The first kappa shape index (κ1) is 37.8. The summed E-state index contributed by atoms with van der Waals surface area (Å²) in [6.07, 6.45) is -4.83. The van der Waals surface area contributed by atoms with Crippen molar-refractivity contribution in [1.29, 1.82) is 0 Å². The number of aryl methyl sites for hydroxylation is 1. The minimum Gasteiger partial charge on any atom is -0.354 e. The van der Waals surface area contributed by atoms with Crippen molar-refractivity contribution in [3.8, 4) is 0 Å². The van der Waals surface area contributed by atoms with Crippen molar-refractivity contribution in [3.63, 3.8) is 0 Å². The Morgan fingerprint density at radius 3 is 2.08 bits per heavy atom. The first-order chi connectivity index (χ1) is 23.1. The summed E-state index contributed by atoms with van der Waals surface area (Å²) < 4.78 is 70.8. The van der Waals surface area contributed by atoms with E-state index in [4.69, 9.17) is 23.2 Å². The van der Waals surface area contributed by atoms with Gasteiger partial charge < -0.3 is 10.2 Å². The summed E-state index contributed by atoms with van der Waals surface area (Å²) in [4.78, 5) is 29.4. The largest absolute Gasteiger partial charge is 0.417 e. The number of amides is 2. The number of halogens is 5. The van der Waals surface area contributed by atoms with E-state index in [9.17, 15) is 31.2 Å². The van der Waals surface area contributed by atoms with E-state index >= 15 is 0 Å². The molecule has 13 heteroatoms. The minimum absolute atomic E-state index is 0.0774. The topological polar surface area (TPSA) is 86.8 Å². The zero-order chi connectivity index (χ0) is 35.9. The zero-order valence-corrected chi connectivity index (χ0v) is 29.4. The molecule has 2 amide bonds. The van der Waals surface area contributed by atoms with Crippen LogP contribution in [-0.2, 0) is 38.8 Å². The molecule has 0 aromatic heterocycles. The number of nitrogens with one attached hydrogen (secondary N) is 1. The fourth-order valence-electron chi connectivity index (χ4n) is 5.01. The van der Waals surface area contributed by atoms with Gasteiger partial charge in [0, 0.05) is 24.5 Å². The fraction of sp³-hybridized carbons (Fsp3) is 0.278. The molecule has 49 heavy (non-hydrogen) atoms. The fourth-order valence-corrected chi connectivity index (χ4v) is 6.77. The van der Waals surface area contributed by atoms with Gasteiger partial charge in [0.1, 0.15) is 12.6 Å². The van der Waals surface area contributed by atoms with Crippen LogP contribution >= 0.6 is 23.2 Å². The van der Waals surface area contributed by atoms with Crippen LogP contribution in [0, 0.1) is 12.8 Å². The van der Waals surface area contributed by atoms with E-state index < -0.39 is 56.9 Å². The summed E-state index contributed by atoms with van der Waals surface area (Å²) in [5, 5.41) is 2.69. The summed E-state index contributed by atoms with van der Waals surface area (Å²) in [5.74, 6) is -1.21. The summed E-state index contributed by atoms with van der Waals surface area (Å²) in [7, 11) is -4.62. The summed E-state index contributed by atoms with van der Waals surface area (Å²) >= 11 is 12.0. The standard InChI is InChI=1S/C36H36Cl2F3N3O4S/c1-24(2)21-42-35(46)33(19-26-7-5-4-6-8-26)43(22-27-11-13-28(37)14-12-27)34(45)23-44(49(47,48)30-16-9-25(3)10-17-30)29-15-18-32(38)31(20-29)36(39,40)41/h4-18,20,24,33H,19,21-23H2,1-3H3,(H,42,46)/t33-/m0/s1. The van der Waals surface area contributed by atoms with Crippen LogP contribution in [0.4, 0.5) is 18.9 Å². The summed E-state index contributed by atoms with van der Waals surface area (Å²) in [5.41, 5.74) is 0.374. The highest BCUT2D eigenvalue weighted by Crippen LogP contribution is 2.38. The molecule has 0 unspecified atom stereocenters. The van der Waals surface area contributed by atoms with Crippen molar-refractivity contribution in [3.05, 3.63) is 129 Å². The van der Waals surface area contributed by atoms with E-state index in [2.05, 4.69) is 5.32 Å². The van der Waals surface area contributed by atoms with Crippen LogP contribution in [0.25, 0.3) is 0 Å². The quantitative estimate of drug-likeness (QED) is 0.151. The van der Waals surface area contributed by atoms with Crippen molar-refractivity contribution in [2.45, 2.75) is 50.9 Å². The van der Waals surface area contributed by atoms with Gasteiger partial charge >= 0.3 is 6.18 Å². The number of hydrogen-bond donors (Lipinski definition) is 1. The van der Waals surface area contributed by atoms with Gasteiger partial charge in [0.2, 0.25) is 11.8 Å².